The number of para-hydroxylation sites is 1. The van der Waals surface area contributed by atoms with Crippen molar-refractivity contribution in [2.24, 2.45) is 5.41 Å². The third kappa shape index (κ3) is 4.80. The third-order valence-electron chi connectivity index (χ3n) is 2.91. The van der Waals surface area contributed by atoms with Crippen molar-refractivity contribution in [3.8, 4) is 5.75 Å². The van der Waals surface area contributed by atoms with E-state index in [1.807, 2.05) is 18.2 Å². The van der Waals surface area contributed by atoms with E-state index in [1.165, 1.54) is 0 Å². The molecular formula is C15H22BrNO3. The Morgan fingerprint density at radius 3 is 2.65 bits per heavy atom. The molecule has 0 saturated carbocycles. The van der Waals surface area contributed by atoms with Gasteiger partial charge in [-0.1, -0.05) is 26.0 Å². The lowest BCUT2D eigenvalue weighted by Gasteiger charge is -2.22. The van der Waals surface area contributed by atoms with Crippen LogP contribution in [0.2, 0.25) is 0 Å². The van der Waals surface area contributed by atoms with E-state index in [1.54, 1.807) is 13.8 Å². The number of nitrogens with one attached hydrogen (secondary N) is 1. The Morgan fingerprint density at radius 1 is 1.45 bits per heavy atom. The number of carboxylic acids is 1. The van der Waals surface area contributed by atoms with Crippen LogP contribution in [0.3, 0.4) is 0 Å². The van der Waals surface area contributed by atoms with Gasteiger partial charge in [0.1, 0.15) is 12.4 Å². The maximum absolute atomic E-state index is 11.1. The van der Waals surface area contributed by atoms with E-state index in [0.29, 0.717) is 18.3 Å². The van der Waals surface area contributed by atoms with Gasteiger partial charge in [0, 0.05) is 18.2 Å². The fourth-order valence-electron chi connectivity index (χ4n) is 1.48. The van der Waals surface area contributed by atoms with Crippen LogP contribution in [0.4, 0.5) is 0 Å². The summed E-state index contributed by atoms with van der Waals surface area (Å²) >= 11 is 3.46. The smallest absolute Gasteiger partial charge is 0.312 e. The first kappa shape index (κ1) is 17.0. The van der Waals surface area contributed by atoms with Crippen molar-refractivity contribution >= 4 is 21.9 Å². The van der Waals surface area contributed by atoms with E-state index in [9.17, 15) is 4.79 Å². The minimum absolute atomic E-state index is 0.125. The van der Waals surface area contributed by atoms with E-state index in [2.05, 4.69) is 35.1 Å². The molecule has 0 saturated heterocycles. The molecule has 0 aromatic heterocycles. The van der Waals surface area contributed by atoms with Gasteiger partial charge in [0.25, 0.3) is 0 Å². The van der Waals surface area contributed by atoms with Crippen LogP contribution in [0.15, 0.2) is 22.7 Å². The number of carbonyl (C=O) groups is 1. The number of hydrogen-bond donors (Lipinski definition) is 2. The summed E-state index contributed by atoms with van der Waals surface area (Å²) in [6.45, 7) is 8.26. The molecule has 0 radical (unpaired) electrons. The number of benzene rings is 1. The molecule has 1 aromatic rings. The molecule has 5 heteroatoms. The van der Waals surface area contributed by atoms with Crippen molar-refractivity contribution in [3.05, 3.63) is 28.2 Å². The Hall–Kier alpha value is -1.07. The Labute approximate surface area is 128 Å². The van der Waals surface area contributed by atoms with E-state index < -0.39 is 11.4 Å². The highest BCUT2D eigenvalue weighted by atomic mass is 79.9. The quantitative estimate of drug-likeness (QED) is 0.796. The van der Waals surface area contributed by atoms with Gasteiger partial charge in [-0.05, 0) is 35.8 Å². The second-order valence-corrected chi connectivity index (χ2v) is 6.60. The zero-order valence-corrected chi connectivity index (χ0v) is 14.0. The summed E-state index contributed by atoms with van der Waals surface area (Å²) in [4.78, 5) is 11.1. The summed E-state index contributed by atoms with van der Waals surface area (Å²) in [6.07, 6.45) is 0. The molecule has 0 spiro atoms. The maximum Gasteiger partial charge on any atom is 0.312 e. The van der Waals surface area contributed by atoms with Crippen molar-refractivity contribution in [1.82, 2.24) is 5.32 Å². The Bertz CT molecular complexity index is 472. The van der Waals surface area contributed by atoms with Gasteiger partial charge in [-0.25, -0.2) is 0 Å². The Balaban J connectivity index is 2.85. The molecule has 0 bridgehead atoms. The van der Waals surface area contributed by atoms with Crippen LogP contribution in [0, 0.1) is 5.41 Å². The molecule has 0 unspecified atom stereocenters. The molecular weight excluding hydrogens is 322 g/mol. The first-order valence-corrected chi connectivity index (χ1v) is 7.40. The minimum Gasteiger partial charge on any atom is -0.491 e. The Morgan fingerprint density at radius 2 is 2.10 bits per heavy atom. The minimum atomic E-state index is -0.919. The van der Waals surface area contributed by atoms with E-state index in [0.717, 1.165) is 10.0 Å². The largest absolute Gasteiger partial charge is 0.491 e. The molecule has 0 aliphatic heterocycles. The molecule has 0 heterocycles. The second-order valence-electron chi connectivity index (χ2n) is 5.74. The van der Waals surface area contributed by atoms with Crippen LogP contribution < -0.4 is 10.1 Å². The van der Waals surface area contributed by atoms with Crippen LogP contribution in [-0.4, -0.2) is 23.7 Å². The standard InChI is InChI=1S/C15H22BrNO3/c1-10(2)17-8-11-6-5-7-12(16)13(11)20-9-15(3,4)14(18)19/h5-7,10,17H,8-9H2,1-4H3,(H,18,19). The Kier molecular flexibility index (Phi) is 6.02. The molecule has 1 rings (SSSR count). The number of ether oxygens (including phenoxy) is 1. The molecule has 112 valence electrons. The average molecular weight is 344 g/mol. The van der Waals surface area contributed by atoms with Crippen molar-refractivity contribution in [3.63, 3.8) is 0 Å². The summed E-state index contributed by atoms with van der Waals surface area (Å²) in [6, 6.07) is 6.18. The first-order chi connectivity index (χ1) is 9.24. The molecule has 0 fully saturated rings. The lowest BCUT2D eigenvalue weighted by Crippen LogP contribution is -2.31. The SMILES string of the molecule is CC(C)NCc1cccc(Br)c1OCC(C)(C)C(=O)O. The van der Waals surface area contributed by atoms with Crippen LogP contribution in [0.5, 0.6) is 5.75 Å². The van der Waals surface area contributed by atoms with E-state index in [4.69, 9.17) is 9.84 Å². The molecule has 20 heavy (non-hydrogen) atoms. The highest BCUT2D eigenvalue weighted by Gasteiger charge is 2.28. The summed E-state index contributed by atoms with van der Waals surface area (Å²) in [5, 5.41) is 12.5. The van der Waals surface area contributed by atoms with Crippen molar-refractivity contribution in [2.75, 3.05) is 6.61 Å². The second kappa shape index (κ2) is 7.09. The van der Waals surface area contributed by atoms with Gasteiger partial charge in [-0.2, -0.15) is 0 Å². The zero-order chi connectivity index (χ0) is 15.3. The number of hydrogen-bond acceptors (Lipinski definition) is 3. The van der Waals surface area contributed by atoms with Crippen molar-refractivity contribution in [1.29, 1.82) is 0 Å². The topological polar surface area (TPSA) is 58.6 Å². The first-order valence-electron chi connectivity index (χ1n) is 6.61. The van der Waals surface area contributed by atoms with Gasteiger partial charge in [-0.3, -0.25) is 4.79 Å². The number of rotatable bonds is 7. The predicted octanol–water partition coefficient (Wildman–Crippen LogP) is 3.44. The van der Waals surface area contributed by atoms with Crippen molar-refractivity contribution in [2.45, 2.75) is 40.3 Å². The normalized spacial score (nSPS) is 11.7. The molecule has 4 nitrogen and oxygen atoms in total. The monoisotopic (exact) mass is 343 g/mol. The van der Waals surface area contributed by atoms with E-state index >= 15 is 0 Å². The van der Waals surface area contributed by atoms with Gasteiger partial charge < -0.3 is 15.2 Å². The highest BCUT2D eigenvalue weighted by molar-refractivity contribution is 9.10. The highest BCUT2D eigenvalue weighted by Crippen LogP contribution is 2.31. The van der Waals surface area contributed by atoms with Crippen LogP contribution in [0.25, 0.3) is 0 Å². The third-order valence-corrected chi connectivity index (χ3v) is 3.53. The van der Waals surface area contributed by atoms with Gasteiger partial charge in [0.15, 0.2) is 0 Å². The van der Waals surface area contributed by atoms with Gasteiger partial charge in [0.2, 0.25) is 0 Å². The average Bonchev–Trinajstić information content (AvgIpc) is 2.34. The molecule has 0 atom stereocenters. The molecule has 0 amide bonds. The number of carboxylic acid groups (broad SMARTS) is 1. The maximum atomic E-state index is 11.1. The van der Waals surface area contributed by atoms with Crippen LogP contribution >= 0.6 is 15.9 Å². The summed E-state index contributed by atoms with van der Waals surface area (Å²) < 4.78 is 6.59. The molecule has 0 aliphatic carbocycles. The molecule has 1 aromatic carbocycles. The predicted molar refractivity (Wildman–Crippen MR) is 83.0 cm³/mol. The van der Waals surface area contributed by atoms with Crippen LogP contribution in [0.1, 0.15) is 33.3 Å². The lowest BCUT2D eigenvalue weighted by atomic mass is 9.95. The van der Waals surface area contributed by atoms with Gasteiger partial charge in [-0.15, -0.1) is 0 Å². The summed E-state index contributed by atoms with van der Waals surface area (Å²) in [5.74, 6) is -0.165. The van der Waals surface area contributed by atoms with Gasteiger partial charge >= 0.3 is 5.97 Å². The van der Waals surface area contributed by atoms with Gasteiger partial charge in [0.05, 0.1) is 9.89 Å². The fraction of sp³-hybridized carbons (Fsp3) is 0.533. The number of aliphatic carboxylic acids is 1. The lowest BCUT2D eigenvalue weighted by molar-refractivity contribution is -0.148. The molecule has 0 aliphatic rings. The van der Waals surface area contributed by atoms with Crippen LogP contribution in [-0.2, 0) is 11.3 Å². The molecule has 2 N–H and O–H groups in total. The number of halogens is 1. The zero-order valence-electron chi connectivity index (χ0n) is 12.4. The fourth-order valence-corrected chi connectivity index (χ4v) is 2.00. The summed E-state index contributed by atoms with van der Waals surface area (Å²) in [7, 11) is 0. The van der Waals surface area contributed by atoms with Crippen molar-refractivity contribution < 1.29 is 14.6 Å². The van der Waals surface area contributed by atoms with E-state index in [-0.39, 0.29) is 6.61 Å². The summed E-state index contributed by atoms with van der Waals surface area (Å²) in [5.41, 5.74) is 0.0900.